The van der Waals surface area contributed by atoms with Gasteiger partial charge in [0.05, 0.1) is 6.10 Å². The molecule has 0 fully saturated rings. The maximum atomic E-state index is 12.0. The SMILES string of the molecule is CC(C)Oc1cc(Br)cc(C(=O)Nc2ncn[nH]2)c1. The predicted molar refractivity (Wildman–Crippen MR) is 74.2 cm³/mol. The zero-order chi connectivity index (χ0) is 13.8. The van der Waals surface area contributed by atoms with Crippen LogP contribution in [0.4, 0.5) is 5.95 Å². The summed E-state index contributed by atoms with van der Waals surface area (Å²) in [6, 6.07) is 5.20. The number of hydrogen-bond donors (Lipinski definition) is 2. The number of halogens is 1. The van der Waals surface area contributed by atoms with Crippen molar-refractivity contribution < 1.29 is 9.53 Å². The monoisotopic (exact) mass is 324 g/mol. The van der Waals surface area contributed by atoms with Gasteiger partial charge in [-0.2, -0.15) is 10.1 Å². The van der Waals surface area contributed by atoms with Crippen LogP contribution in [0.1, 0.15) is 24.2 Å². The fourth-order valence-corrected chi connectivity index (χ4v) is 1.95. The molecule has 0 spiro atoms. The first-order valence-electron chi connectivity index (χ1n) is 5.68. The molecule has 0 bridgehead atoms. The highest BCUT2D eigenvalue weighted by Gasteiger charge is 2.11. The molecule has 1 aromatic heterocycles. The lowest BCUT2D eigenvalue weighted by molar-refractivity contribution is 0.102. The minimum Gasteiger partial charge on any atom is -0.491 e. The first kappa shape index (κ1) is 13.5. The Balaban J connectivity index is 2.19. The maximum absolute atomic E-state index is 12.0. The molecule has 0 aliphatic heterocycles. The molecule has 0 unspecified atom stereocenters. The number of benzene rings is 1. The lowest BCUT2D eigenvalue weighted by Crippen LogP contribution is -2.14. The van der Waals surface area contributed by atoms with E-state index in [0.717, 1.165) is 4.47 Å². The van der Waals surface area contributed by atoms with Crippen molar-refractivity contribution in [3.05, 3.63) is 34.6 Å². The van der Waals surface area contributed by atoms with E-state index in [-0.39, 0.29) is 12.0 Å². The molecular formula is C12H13BrN4O2. The number of nitrogens with zero attached hydrogens (tertiary/aromatic N) is 2. The van der Waals surface area contributed by atoms with Crippen LogP contribution < -0.4 is 10.1 Å². The highest BCUT2D eigenvalue weighted by Crippen LogP contribution is 2.23. The number of nitrogens with one attached hydrogen (secondary N) is 2. The van der Waals surface area contributed by atoms with Gasteiger partial charge in [0, 0.05) is 10.0 Å². The smallest absolute Gasteiger partial charge is 0.258 e. The molecule has 0 radical (unpaired) electrons. The van der Waals surface area contributed by atoms with Gasteiger partial charge < -0.3 is 4.74 Å². The number of amides is 1. The zero-order valence-corrected chi connectivity index (χ0v) is 12.1. The summed E-state index contributed by atoms with van der Waals surface area (Å²) in [6.45, 7) is 3.85. The number of carbonyl (C=O) groups excluding carboxylic acids is 1. The lowest BCUT2D eigenvalue weighted by atomic mass is 10.2. The fourth-order valence-electron chi connectivity index (χ4n) is 1.48. The van der Waals surface area contributed by atoms with Crippen molar-refractivity contribution in [2.45, 2.75) is 20.0 Å². The Labute approximate surface area is 118 Å². The molecule has 100 valence electrons. The summed E-state index contributed by atoms with van der Waals surface area (Å²) in [7, 11) is 0. The fraction of sp³-hybridized carbons (Fsp3) is 0.250. The van der Waals surface area contributed by atoms with Crippen molar-refractivity contribution in [1.29, 1.82) is 0 Å². The van der Waals surface area contributed by atoms with Crippen molar-refractivity contribution in [3.63, 3.8) is 0 Å². The Kier molecular flexibility index (Phi) is 4.16. The van der Waals surface area contributed by atoms with Gasteiger partial charge in [-0.15, -0.1) is 0 Å². The molecule has 0 saturated carbocycles. The van der Waals surface area contributed by atoms with Gasteiger partial charge >= 0.3 is 0 Å². The Morgan fingerprint density at radius 3 is 2.84 bits per heavy atom. The quantitative estimate of drug-likeness (QED) is 0.905. The van der Waals surface area contributed by atoms with Gasteiger partial charge in [0.25, 0.3) is 5.91 Å². The first-order chi connectivity index (χ1) is 9.04. The average molecular weight is 325 g/mol. The van der Waals surface area contributed by atoms with Gasteiger partial charge in [0.15, 0.2) is 0 Å². The molecule has 1 heterocycles. The highest BCUT2D eigenvalue weighted by atomic mass is 79.9. The molecule has 2 N–H and O–H groups in total. The van der Waals surface area contributed by atoms with E-state index in [1.54, 1.807) is 12.1 Å². The van der Waals surface area contributed by atoms with Crippen LogP contribution in [0.3, 0.4) is 0 Å². The average Bonchev–Trinajstić information content (AvgIpc) is 2.80. The molecule has 2 aromatic rings. The first-order valence-corrected chi connectivity index (χ1v) is 6.48. The second-order valence-electron chi connectivity index (χ2n) is 4.13. The number of hydrogen-bond acceptors (Lipinski definition) is 4. The van der Waals surface area contributed by atoms with Crippen LogP contribution in [0.2, 0.25) is 0 Å². The standard InChI is InChI=1S/C12H13BrN4O2/c1-7(2)19-10-4-8(3-9(13)5-10)11(18)16-12-14-6-15-17-12/h3-7H,1-2H3,(H2,14,15,16,17,18). The number of aromatic amines is 1. The Morgan fingerprint density at radius 1 is 1.42 bits per heavy atom. The van der Waals surface area contributed by atoms with Crippen molar-refractivity contribution in [1.82, 2.24) is 15.2 Å². The molecular weight excluding hydrogens is 312 g/mol. The lowest BCUT2D eigenvalue weighted by Gasteiger charge is -2.11. The second kappa shape index (κ2) is 5.83. The van der Waals surface area contributed by atoms with Crippen molar-refractivity contribution >= 4 is 27.8 Å². The number of aromatic nitrogens is 3. The summed E-state index contributed by atoms with van der Waals surface area (Å²) in [6.07, 6.45) is 1.36. The third-order valence-corrected chi connectivity index (χ3v) is 2.61. The Morgan fingerprint density at radius 2 is 2.21 bits per heavy atom. The third-order valence-electron chi connectivity index (χ3n) is 2.15. The summed E-state index contributed by atoms with van der Waals surface area (Å²) < 4.78 is 6.35. The van der Waals surface area contributed by atoms with Crippen molar-refractivity contribution in [3.8, 4) is 5.75 Å². The van der Waals surface area contributed by atoms with Gasteiger partial charge in [-0.3, -0.25) is 10.1 Å². The third kappa shape index (κ3) is 3.78. The molecule has 1 aromatic carbocycles. The van der Waals surface area contributed by atoms with Crippen molar-refractivity contribution in [2.75, 3.05) is 5.32 Å². The summed E-state index contributed by atoms with van der Waals surface area (Å²) in [5, 5.41) is 8.82. The van der Waals surface area contributed by atoms with Crippen LogP contribution in [0, 0.1) is 0 Å². The predicted octanol–water partition coefficient (Wildman–Crippen LogP) is 2.61. The number of ether oxygens (including phenoxy) is 1. The molecule has 0 aliphatic rings. The summed E-state index contributed by atoms with van der Waals surface area (Å²) in [4.78, 5) is 15.9. The highest BCUT2D eigenvalue weighted by molar-refractivity contribution is 9.10. The second-order valence-corrected chi connectivity index (χ2v) is 5.05. The largest absolute Gasteiger partial charge is 0.491 e. The molecule has 0 saturated heterocycles. The van der Waals surface area contributed by atoms with E-state index in [0.29, 0.717) is 17.3 Å². The Bertz CT molecular complexity index is 569. The molecule has 2 rings (SSSR count). The molecule has 6 nitrogen and oxygen atoms in total. The normalized spacial score (nSPS) is 10.5. The van der Waals surface area contributed by atoms with Gasteiger partial charge in [0.1, 0.15) is 12.1 Å². The van der Waals surface area contributed by atoms with E-state index in [1.807, 2.05) is 19.9 Å². The Hall–Kier alpha value is -1.89. The van der Waals surface area contributed by atoms with E-state index in [1.165, 1.54) is 6.33 Å². The molecule has 19 heavy (non-hydrogen) atoms. The number of anilines is 1. The van der Waals surface area contributed by atoms with Crippen LogP contribution in [0.15, 0.2) is 29.0 Å². The van der Waals surface area contributed by atoms with Crippen molar-refractivity contribution in [2.24, 2.45) is 0 Å². The molecule has 0 aliphatic carbocycles. The van der Waals surface area contributed by atoms with Crippen LogP contribution in [0.5, 0.6) is 5.75 Å². The van der Waals surface area contributed by atoms with Crippen LogP contribution in [0.25, 0.3) is 0 Å². The maximum Gasteiger partial charge on any atom is 0.258 e. The van der Waals surface area contributed by atoms with E-state index >= 15 is 0 Å². The van der Waals surface area contributed by atoms with Gasteiger partial charge in [-0.1, -0.05) is 15.9 Å². The van der Waals surface area contributed by atoms with E-state index in [2.05, 4.69) is 36.4 Å². The van der Waals surface area contributed by atoms with E-state index in [9.17, 15) is 4.79 Å². The summed E-state index contributed by atoms with van der Waals surface area (Å²) in [5.41, 5.74) is 0.474. The summed E-state index contributed by atoms with van der Waals surface area (Å²) in [5.74, 6) is 0.648. The number of carbonyl (C=O) groups is 1. The molecule has 0 atom stereocenters. The molecule has 1 amide bonds. The van der Waals surface area contributed by atoms with Gasteiger partial charge in [-0.05, 0) is 32.0 Å². The number of rotatable bonds is 4. The van der Waals surface area contributed by atoms with E-state index in [4.69, 9.17) is 4.74 Å². The van der Waals surface area contributed by atoms with Crippen LogP contribution >= 0.6 is 15.9 Å². The van der Waals surface area contributed by atoms with Crippen LogP contribution in [-0.4, -0.2) is 27.2 Å². The zero-order valence-electron chi connectivity index (χ0n) is 10.5. The van der Waals surface area contributed by atoms with E-state index < -0.39 is 0 Å². The van der Waals surface area contributed by atoms with Gasteiger partial charge in [0.2, 0.25) is 5.95 Å². The van der Waals surface area contributed by atoms with Crippen LogP contribution in [-0.2, 0) is 0 Å². The topological polar surface area (TPSA) is 79.9 Å². The van der Waals surface area contributed by atoms with Gasteiger partial charge in [-0.25, -0.2) is 5.10 Å². The minimum absolute atomic E-state index is 0.0412. The summed E-state index contributed by atoms with van der Waals surface area (Å²) >= 11 is 3.35. The number of H-pyrrole nitrogens is 1. The molecule has 7 heteroatoms. The minimum atomic E-state index is -0.286.